The van der Waals surface area contributed by atoms with Gasteiger partial charge in [-0.2, -0.15) is 0 Å². The van der Waals surface area contributed by atoms with Crippen LogP contribution in [0.3, 0.4) is 0 Å². The summed E-state index contributed by atoms with van der Waals surface area (Å²) in [6.45, 7) is 1.88. The summed E-state index contributed by atoms with van der Waals surface area (Å²) in [5, 5.41) is 9.40. The summed E-state index contributed by atoms with van der Waals surface area (Å²) in [6, 6.07) is 0. The molecule has 8 heteroatoms. The number of hydrogen-bond acceptors (Lipinski definition) is 6. The van der Waals surface area contributed by atoms with Crippen LogP contribution in [-0.2, 0) is 23.6 Å². The van der Waals surface area contributed by atoms with E-state index in [0.717, 1.165) is 28.9 Å². The molecular weight excluding hydrogens is 318 g/mol. The Morgan fingerprint density at radius 1 is 1.27 bits per heavy atom. The van der Waals surface area contributed by atoms with Crippen LogP contribution in [0.1, 0.15) is 29.1 Å². The van der Waals surface area contributed by atoms with Crippen molar-refractivity contribution < 1.29 is 4.21 Å². The second kappa shape index (κ2) is 5.20. The van der Waals surface area contributed by atoms with Crippen LogP contribution in [0.25, 0.3) is 16.0 Å². The lowest BCUT2D eigenvalue weighted by Crippen LogP contribution is -2.07. The molecule has 0 saturated carbocycles. The molecule has 114 valence electrons. The van der Waals surface area contributed by atoms with E-state index in [1.54, 1.807) is 28.5 Å². The molecule has 0 spiro atoms. The maximum Gasteiger partial charge on any atom is 0.226 e. The van der Waals surface area contributed by atoms with Gasteiger partial charge in [-0.15, -0.1) is 21.5 Å². The summed E-state index contributed by atoms with van der Waals surface area (Å²) in [4.78, 5) is 11.6. The van der Waals surface area contributed by atoms with Crippen molar-refractivity contribution in [1.82, 2.24) is 24.7 Å². The van der Waals surface area contributed by atoms with Crippen LogP contribution in [-0.4, -0.2) is 35.2 Å². The summed E-state index contributed by atoms with van der Waals surface area (Å²) in [5.74, 6) is 1.47. The van der Waals surface area contributed by atoms with Gasteiger partial charge >= 0.3 is 0 Å². The third-order valence-corrected chi connectivity index (χ3v) is 5.89. The summed E-state index contributed by atoms with van der Waals surface area (Å²) < 4.78 is 13.6. The number of thiophene rings is 1. The summed E-state index contributed by atoms with van der Waals surface area (Å²) >= 11 is 1.76. The SMILES string of the molecule is Cc1nc(-n2cnnc2[S@](C)=O)c2c3c(sc2n1)CCCC3. The number of aryl methyl sites for hydroxylation is 3. The predicted octanol–water partition coefficient (Wildman–Crippen LogP) is 2.20. The molecular formula is C14H15N5OS2. The second-order valence-electron chi connectivity index (χ2n) is 5.42. The third-order valence-electron chi connectivity index (χ3n) is 3.91. The van der Waals surface area contributed by atoms with Crippen LogP contribution >= 0.6 is 11.3 Å². The zero-order chi connectivity index (χ0) is 15.3. The molecule has 6 nitrogen and oxygen atoms in total. The van der Waals surface area contributed by atoms with Crippen LogP contribution in [0.4, 0.5) is 0 Å². The minimum atomic E-state index is -1.22. The molecule has 0 unspecified atom stereocenters. The normalized spacial score (nSPS) is 15.9. The first kappa shape index (κ1) is 14.0. The van der Waals surface area contributed by atoms with E-state index in [1.165, 1.54) is 23.3 Å². The van der Waals surface area contributed by atoms with Crippen molar-refractivity contribution in [2.75, 3.05) is 6.26 Å². The molecule has 0 aliphatic heterocycles. The van der Waals surface area contributed by atoms with Gasteiger partial charge < -0.3 is 0 Å². The summed E-state index contributed by atoms with van der Waals surface area (Å²) in [7, 11) is -1.22. The third kappa shape index (κ3) is 2.09. The summed E-state index contributed by atoms with van der Waals surface area (Å²) in [6.07, 6.45) is 7.80. The predicted molar refractivity (Wildman–Crippen MR) is 86.0 cm³/mol. The van der Waals surface area contributed by atoms with Gasteiger partial charge in [0.1, 0.15) is 17.0 Å². The van der Waals surface area contributed by atoms with Crippen LogP contribution in [0, 0.1) is 6.92 Å². The molecule has 3 aromatic rings. The lowest BCUT2D eigenvalue weighted by Gasteiger charge is -2.12. The highest BCUT2D eigenvalue weighted by molar-refractivity contribution is 7.84. The van der Waals surface area contributed by atoms with Crippen LogP contribution in [0.5, 0.6) is 0 Å². The molecule has 0 bridgehead atoms. The zero-order valence-corrected chi connectivity index (χ0v) is 14.0. The number of aromatic nitrogens is 5. The molecule has 0 aromatic carbocycles. The maximum absolute atomic E-state index is 11.9. The highest BCUT2D eigenvalue weighted by Gasteiger charge is 2.23. The molecule has 1 aliphatic rings. The molecule has 1 atom stereocenters. The Balaban J connectivity index is 2.06. The van der Waals surface area contributed by atoms with Gasteiger partial charge in [0.25, 0.3) is 0 Å². The maximum atomic E-state index is 11.9. The lowest BCUT2D eigenvalue weighted by molar-refractivity contribution is 0.674. The first-order valence-corrected chi connectivity index (χ1v) is 9.55. The molecule has 0 saturated heterocycles. The summed E-state index contributed by atoms with van der Waals surface area (Å²) in [5.41, 5.74) is 1.35. The Morgan fingerprint density at radius 2 is 2.09 bits per heavy atom. The van der Waals surface area contributed by atoms with E-state index in [9.17, 15) is 4.21 Å². The van der Waals surface area contributed by atoms with Gasteiger partial charge in [0.15, 0.2) is 5.82 Å². The molecule has 1 aliphatic carbocycles. The van der Waals surface area contributed by atoms with E-state index in [0.29, 0.717) is 11.0 Å². The van der Waals surface area contributed by atoms with E-state index in [2.05, 4.69) is 20.2 Å². The Bertz CT molecular complexity index is 898. The van der Waals surface area contributed by atoms with Gasteiger partial charge in [-0.25, -0.2) is 9.97 Å². The van der Waals surface area contributed by atoms with Gasteiger partial charge in [0.05, 0.1) is 16.2 Å². The molecule has 22 heavy (non-hydrogen) atoms. The Morgan fingerprint density at radius 3 is 2.91 bits per heavy atom. The Kier molecular flexibility index (Phi) is 3.30. The molecule has 4 rings (SSSR count). The Hall–Kier alpha value is -1.67. The minimum Gasteiger partial charge on any atom is -0.257 e. The molecule has 0 N–H and O–H groups in total. The van der Waals surface area contributed by atoms with E-state index in [1.807, 2.05) is 6.92 Å². The molecule has 3 aromatic heterocycles. The van der Waals surface area contributed by atoms with Crippen molar-refractivity contribution >= 4 is 32.4 Å². The molecule has 0 amide bonds. The first-order valence-electron chi connectivity index (χ1n) is 7.18. The van der Waals surface area contributed by atoms with Gasteiger partial charge in [-0.1, -0.05) is 0 Å². The highest BCUT2D eigenvalue weighted by Crippen LogP contribution is 2.38. The number of fused-ring (bicyclic) bond motifs is 3. The average Bonchev–Trinajstić information content (AvgIpc) is 3.10. The van der Waals surface area contributed by atoms with Gasteiger partial charge in [0, 0.05) is 11.1 Å². The van der Waals surface area contributed by atoms with E-state index < -0.39 is 10.8 Å². The second-order valence-corrected chi connectivity index (χ2v) is 7.78. The van der Waals surface area contributed by atoms with Crippen molar-refractivity contribution in [3.63, 3.8) is 0 Å². The van der Waals surface area contributed by atoms with E-state index in [-0.39, 0.29) is 0 Å². The quantitative estimate of drug-likeness (QED) is 0.719. The monoisotopic (exact) mass is 333 g/mol. The topological polar surface area (TPSA) is 73.6 Å². The van der Waals surface area contributed by atoms with Gasteiger partial charge in [0.2, 0.25) is 5.16 Å². The highest BCUT2D eigenvalue weighted by atomic mass is 32.2. The minimum absolute atomic E-state index is 0.426. The van der Waals surface area contributed by atoms with Crippen molar-refractivity contribution in [2.45, 2.75) is 37.8 Å². The fourth-order valence-corrected chi connectivity index (χ4v) is 4.86. The van der Waals surface area contributed by atoms with Crippen LogP contribution in [0.15, 0.2) is 11.5 Å². The molecule has 3 heterocycles. The van der Waals surface area contributed by atoms with Gasteiger partial charge in [-0.05, 0) is 38.2 Å². The van der Waals surface area contributed by atoms with Crippen molar-refractivity contribution in [1.29, 1.82) is 0 Å². The van der Waals surface area contributed by atoms with Crippen molar-refractivity contribution in [3.05, 3.63) is 22.6 Å². The van der Waals surface area contributed by atoms with E-state index in [4.69, 9.17) is 0 Å². The standard InChI is InChI=1S/C14H15N5OS2/c1-8-16-12(19-7-15-18-14(19)22(2)20)11-9-5-3-4-6-10(9)21-13(11)17-8/h7H,3-6H2,1-2H3/t22-/m0/s1. The van der Waals surface area contributed by atoms with E-state index >= 15 is 0 Å². The fourth-order valence-electron chi connectivity index (χ4n) is 2.98. The van der Waals surface area contributed by atoms with Gasteiger partial charge in [-0.3, -0.25) is 8.78 Å². The number of hydrogen-bond donors (Lipinski definition) is 0. The zero-order valence-electron chi connectivity index (χ0n) is 12.4. The van der Waals surface area contributed by atoms with Crippen molar-refractivity contribution in [3.8, 4) is 5.82 Å². The Labute approximate surface area is 134 Å². The lowest BCUT2D eigenvalue weighted by atomic mass is 9.97. The first-order chi connectivity index (χ1) is 10.6. The molecule has 0 radical (unpaired) electrons. The van der Waals surface area contributed by atoms with Crippen molar-refractivity contribution in [2.24, 2.45) is 0 Å². The number of nitrogens with zero attached hydrogens (tertiary/aromatic N) is 5. The smallest absolute Gasteiger partial charge is 0.226 e. The molecule has 0 fully saturated rings. The largest absolute Gasteiger partial charge is 0.257 e. The average molecular weight is 333 g/mol. The number of rotatable bonds is 2. The van der Waals surface area contributed by atoms with Crippen LogP contribution < -0.4 is 0 Å². The fraction of sp³-hybridized carbons (Fsp3) is 0.429. The van der Waals surface area contributed by atoms with Crippen LogP contribution in [0.2, 0.25) is 0 Å².